The first-order chi connectivity index (χ1) is 11.6. The summed E-state index contributed by atoms with van der Waals surface area (Å²) in [4.78, 5) is 15.6. The second-order valence-electron chi connectivity index (χ2n) is 5.40. The third-order valence-electron chi connectivity index (χ3n) is 3.74. The van der Waals surface area contributed by atoms with Crippen molar-refractivity contribution in [1.82, 2.24) is 15.1 Å². The van der Waals surface area contributed by atoms with Crippen LogP contribution in [0.2, 0.25) is 0 Å². The van der Waals surface area contributed by atoms with Crippen molar-refractivity contribution in [2.45, 2.75) is 38.0 Å². The number of ether oxygens (including phenoxy) is 1. The monoisotopic (exact) mass is 350 g/mol. The Hall–Kier alpha value is -1.95. The van der Waals surface area contributed by atoms with Gasteiger partial charge < -0.3 is 14.7 Å². The molecule has 1 aromatic heterocycles. The maximum Gasteiger partial charge on any atom is 0.329 e. The number of rotatable bonds is 9. The Labute approximate surface area is 145 Å². The van der Waals surface area contributed by atoms with Crippen LogP contribution < -0.4 is 4.90 Å². The Bertz CT molecular complexity index is 613. The maximum absolute atomic E-state index is 12.7. The van der Waals surface area contributed by atoms with E-state index in [1.54, 1.807) is 11.0 Å². The molecule has 130 valence electrons. The zero-order valence-corrected chi connectivity index (χ0v) is 14.5. The van der Waals surface area contributed by atoms with Crippen LogP contribution in [0.1, 0.15) is 24.3 Å². The molecule has 7 nitrogen and oxygen atoms in total. The fraction of sp³-hybridized carbons (Fsp3) is 0.562. The first-order valence-electron chi connectivity index (χ1n) is 7.77. The molecule has 0 aromatic carbocycles. The number of unbranched alkanes of at least 4 members (excludes halogenated alkanes) is 1. The van der Waals surface area contributed by atoms with Gasteiger partial charge in [-0.25, -0.2) is 9.69 Å². The zero-order valence-electron chi connectivity index (χ0n) is 13.7. The highest BCUT2D eigenvalue weighted by Gasteiger charge is 2.46. The zero-order chi connectivity index (χ0) is 17.5. The van der Waals surface area contributed by atoms with Crippen molar-refractivity contribution in [3.8, 4) is 12.3 Å². The van der Waals surface area contributed by atoms with Gasteiger partial charge in [0.25, 0.3) is 0 Å². The lowest BCUT2D eigenvalue weighted by Gasteiger charge is -2.23. The van der Waals surface area contributed by atoms with Gasteiger partial charge in [0.15, 0.2) is 6.23 Å². The summed E-state index contributed by atoms with van der Waals surface area (Å²) in [5, 5.41) is 19.9. The Kier molecular flexibility index (Phi) is 6.73. The summed E-state index contributed by atoms with van der Waals surface area (Å²) in [6.45, 7) is 4.38. The first kappa shape index (κ1) is 18.4. The quantitative estimate of drug-likeness (QED) is 0.416. The number of terminal acetylenes is 1. The van der Waals surface area contributed by atoms with Gasteiger partial charge in [-0.2, -0.15) is 0 Å². The number of aliphatic hydroxyl groups is 1. The van der Waals surface area contributed by atoms with Crippen LogP contribution in [0.4, 0.5) is 9.93 Å². The molecule has 0 aliphatic carbocycles. The second-order valence-corrected chi connectivity index (χ2v) is 6.44. The number of aromatic nitrogens is 2. The molecule has 1 aliphatic heterocycles. The van der Waals surface area contributed by atoms with E-state index in [4.69, 9.17) is 11.2 Å². The van der Waals surface area contributed by atoms with Crippen molar-refractivity contribution >= 4 is 22.5 Å². The number of hydrogen-bond donors (Lipinski definition) is 1. The molecular weight excluding hydrogens is 328 g/mol. The van der Waals surface area contributed by atoms with Gasteiger partial charge in [0.05, 0.1) is 6.61 Å². The summed E-state index contributed by atoms with van der Waals surface area (Å²) in [7, 11) is 1.54. The molecule has 1 N–H and O–H groups in total. The number of aryl methyl sites for hydroxylation is 1. The topological polar surface area (TPSA) is 78.8 Å². The van der Waals surface area contributed by atoms with Crippen LogP contribution in [-0.2, 0) is 11.2 Å². The minimum atomic E-state index is -1.02. The average Bonchev–Trinajstić information content (AvgIpc) is 3.11. The van der Waals surface area contributed by atoms with Crippen LogP contribution in [0.3, 0.4) is 0 Å². The minimum Gasteiger partial charge on any atom is -0.382 e. The predicted octanol–water partition coefficient (Wildman–Crippen LogP) is 1.65. The van der Waals surface area contributed by atoms with Crippen molar-refractivity contribution < 1.29 is 14.6 Å². The van der Waals surface area contributed by atoms with Crippen LogP contribution in [0.25, 0.3) is 0 Å². The number of carbonyl (C=O) groups excluding carboxylic acids is 1. The number of allylic oxidation sites excluding steroid dienone is 1. The van der Waals surface area contributed by atoms with Crippen molar-refractivity contribution in [2.75, 3.05) is 25.2 Å². The Morgan fingerprint density at radius 2 is 2.33 bits per heavy atom. The molecule has 0 saturated carbocycles. The second kappa shape index (κ2) is 8.78. The number of anilines is 1. The van der Waals surface area contributed by atoms with Crippen LogP contribution in [0.5, 0.6) is 0 Å². The molecule has 1 fully saturated rings. The lowest BCUT2D eigenvalue weighted by Crippen LogP contribution is -2.41. The molecule has 8 heteroatoms. The first-order valence-corrected chi connectivity index (χ1v) is 8.59. The molecule has 2 amide bonds. The van der Waals surface area contributed by atoms with Crippen LogP contribution in [0, 0.1) is 12.3 Å². The minimum absolute atomic E-state index is 0.238. The molecule has 2 heterocycles. The molecule has 1 aromatic rings. The molecule has 24 heavy (non-hydrogen) atoms. The van der Waals surface area contributed by atoms with E-state index >= 15 is 0 Å². The van der Waals surface area contributed by atoms with Gasteiger partial charge in [-0.05, 0) is 12.8 Å². The van der Waals surface area contributed by atoms with Crippen molar-refractivity contribution in [2.24, 2.45) is 0 Å². The predicted molar refractivity (Wildman–Crippen MR) is 92.7 cm³/mol. The summed E-state index contributed by atoms with van der Waals surface area (Å²) in [6.07, 6.45) is 8.79. The Balaban J connectivity index is 2.16. The van der Waals surface area contributed by atoms with Crippen LogP contribution >= 0.6 is 11.3 Å². The summed E-state index contributed by atoms with van der Waals surface area (Å²) in [5.74, 6) is 2.56. The van der Waals surface area contributed by atoms with E-state index < -0.39 is 12.3 Å². The fourth-order valence-electron chi connectivity index (χ4n) is 2.55. The van der Waals surface area contributed by atoms with Gasteiger partial charge in [0.2, 0.25) is 5.13 Å². The van der Waals surface area contributed by atoms with E-state index in [9.17, 15) is 9.90 Å². The molecular formula is C16H22N4O3S. The van der Waals surface area contributed by atoms with E-state index in [-0.39, 0.29) is 12.6 Å². The van der Waals surface area contributed by atoms with E-state index in [1.165, 1.54) is 23.3 Å². The normalized spacial score (nSPS) is 20.5. The molecule has 2 unspecified atom stereocenters. The number of aliphatic hydroxyl groups excluding tert-OH is 1. The van der Waals surface area contributed by atoms with Gasteiger partial charge in [-0.1, -0.05) is 17.4 Å². The van der Waals surface area contributed by atoms with Crippen molar-refractivity contribution in [1.29, 1.82) is 0 Å². The smallest absolute Gasteiger partial charge is 0.329 e. The van der Waals surface area contributed by atoms with Crippen molar-refractivity contribution in [3.05, 3.63) is 17.7 Å². The molecule has 0 bridgehead atoms. The Morgan fingerprint density at radius 3 is 3.00 bits per heavy atom. The molecule has 1 aliphatic rings. The number of nitrogens with zero attached hydrogens (tertiary/aromatic N) is 4. The fourth-order valence-corrected chi connectivity index (χ4v) is 3.43. The summed E-state index contributed by atoms with van der Waals surface area (Å²) < 4.78 is 5.16. The maximum atomic E-state index is 12.7. The Morgan fingerprint density at radius 1 is 1.54 bits per heavy atom. The van der Waals surface area contributed by atoms with Gasteiger partial charge in [0, 0.05) is 26.5 Å². The number of carbonyl (C=O) groups is 1. The summed E-state index contributed by atoms with van der Waals surface area (Å²) in [5.41, 5.74) is 0. The van der Waals surface area contributed by atoms with E-state index in [0.717, 1.165) is 11.4 Å². The third kappa shape index (κ3) is 3.93. The van der Waals surface area contributed by atoms with E-state index in [2.05, 4.69) is 22.7 Å². The lowest BCUT2D eigenvalue weighted by molar-refractivity contribution is 0.0551. The number of methoxy groups -OCH3 is 1. The van der Waals surface area contributed by atoms with Crippen LogP contribution in [0.15, 0.2) is 12.7 Å². The van der Waals surface area contributed by atoms with E-state index in [1.807, 2.05) is 0 Å². The van der Waals surface area contributed by atoms with Gasteiger partial charge in [-0.3, -0.25) is 0 Å². The number of amides is 2. The van der Waals surface area contributed by atoms with Crippen molar-refractivity contribution in [3.63, 3.8) is 0 Å². The molecule has 0 radical (unpaired) electrons. The SMILES string of the molecule is C#CCCCN1C(=O)N(c2nnc(CCC=C)s2)C(O)C1COC. The average molecular weight is 350 g/mol. The summed E-state index contributed by atoms with van der Waals surface area (Å²) in [6, 6.07) is -0.756. The standard InChI is InChI=1S/C16H22N4O3S/c1-4-6-8-10-19-12(11-23-3)14(21)20(16(19)22)15-18-17-13(24-15)9-7-5-2/h1,5,12,14,21H,2,6-11H2,3H3. The highest BCUT2D eigenvalue weighted by Crippen LogP contribution is 2.31. The van der Waals surface area contributed by atoms with E-state index in [0.29, 0.717) is 30.9 Å². The number of urea groups is 1. The van der Waals surface area contributed by atoms with Gasteiger partial charge >= 0.3 is 6.03 Å². The largest absolute Gasteiger partial charge is 0.382 e. The van der Waals surface area contributed by atoms with Gasteiger partial charge in [0.1, 0.15) is 11.0 Å². The highest BCUT2D eigenvalue weighted by atomic mass is 32.1. The molecule has 2 atom stereocenters. The molecule has 0 spiro atoms. The molecule has 1 saturated heterocycles. The lowest BCUT2D eigenvalue weighted by atomic mass is 10.2. The van der Waals surface area contributed by atoms with Gasteiger partial charge in [-0.15, -0.1) is 29.1 Å². The third-order valence-corrected chi connectivity index (χ3v) is 4.73. The highest BCUT2D eigenvalue weighted by molar-refractivity contribution is 7.15. The number of hydrogen-bond acceptors (Lipinski definition) is 6. The van der Waals surface area contributed by atoms with Crippen LogP contribution in [-0.4, -0.2) is 58.8 Å². The molecule has 2 rings (SSSR count). The summed E-state index contributed by atoms with van der Waals surface area (Å²) >= 11 is 1.30.